The molecule has 1 aliphatic rings. The standard InChI is InChI=1S/C8H17NOS/c1-9-7-3-2-4-8(7)11-6-5-10/h7-10H,2-6H2,1H3. The van der Waals surface area contributed by atoms with Gasteiger partial charge in [0.15, 0.2) is 0 Å². The van der Waals surface area contributed by atoms with Crippen LogP contribution in [0.25, 0.3) is 0 Å². The van der Waals surface area contributed by atoms with Gasteiger partial charge >= 0.3 is 0 Å². The minimum atomic E-state index is 0.317. The van der Waals surface area contributed by atoms with Crippen LogP contribution in [0, 0.1) is 0 Å². The fourth-order valence-corrected chi connectivity index (χ4v) is 2.91. The van der Waals surface area contributed by atoms with Crippen molar-refractivity contribution in [1.29, 1.82) is 0 Å². The molecule has 0 bridgehead atoms. The van der Waals surface area contributed by atoms with E-state index in [-0.39, 0.29) is 0 Å². The molecular formula is C8H17NOS. The first-order chi connectivity index (χ1) is 5.38. The van der Waals surface area contributed by atoms with Gasteiger partial charge in [-0.25, -0.2) is 0 Å². The van der Waals surface area contributed by atoms with Gasteiger partial charge in [-0.15, -0.1) is 0 Å². The molecule has 2 atom stereocenters. The lowest BCUT2D eigenvalue weighted by atomic mass is 10.2. The molecule has 3 heteroatoms. The van der Waals surface area contributed by atoms with Crippen LogP contribution in [0.15, 0.2) is 0 Å². The quantitative estimate of drug-likeness (QED) is 0.664. The molecule has 1 saturated carbocycles. The van der Waals surface area contributed by atoms with Gasteiger partial charge in [0.05, 0.1) is 6.61 Å². The first-order valence-electron chi connectivity index (χ1n) is 4.28. The second-order valence-electron chi connectivity index (χ2n) is 2.96. The molecule has 1 aliphatic carbocycles. The summed E-state index contributed by atoms with van der Waals surface area (Å²) in [6, 6.07) is 0.687. The van der Waals surface area contributed by atoms with Crippen molar-refractivity contribution in [2.24, 2.45) is 0 Å². The third kappa shape index (κ3) is 2.65. The van der Waals surface area contributed by atoms with Gasteiger partial charge in [-0.05, 0) is 19.9 Å². The Morgan fingerprint density at radius 3 is 3.00 bits per heavy atom. The Kier molecular flexibility index (Phi) is 4.26. The van der Waals surface area contributed by atoms with E-state index in [0.717, 1.165) is 11.0 Å². The van der Waals surface area contributed by atoms with Gasteiger partial charge in [0, 0.05) is 17.0 Å². The predicted octanol–water partition coefficient (Wildman–Crippen LogP) is 0.852. The number of hydrogen-bond donors (Lipinski definition) is 2. The molecule has 0 aromatic rings. The monoisotopic (exact) mass is 175 g/mol. The Hall–Kier alpha value is 0.270. The van der Waals surface area contributed by atoms with Crippen LogP contribution in [0.2, 0.25) is 0 Å². The normalized spacial score (nSPS) is 31.1. The van der Waals surface area contributed by atoms with Gasteiger partial charge in [-0.2, -0.15) is 11.8 Å². The maximum Gasteiger partial charge on any atom is 0.0521 e. The van der Waals surface area contributed by atoms with Crippen molar-refractivity contribution >= 4 is 11.8 Å². The summed E-state index contributed by atoms with van der Waals surface area (Å²) in [5.41, 5.74) is 0. The average molecular weight is 175 g/mol. The van der Waals surface area contributed by atoms with E-state index in [4.69, 9.17) is 5.11 Å². The first-order valence-corrected chi connectivity index (χ1v) is 5.33. The molecule has 1 fully saturated rings. The van der Waals surface area contributed by atoms with Gasteiger partial charge in [-0.3, -0.25) is 0 Å². The van der Waals surface area contributed by atoms with E-state index in [2.05, 4.69) is 5.32 Å². The third-order valence-electron chi connectivity index (χ3n) is 2.25. The Morgan fingerprint density at radius 2 is 2.36 bits per heavy atom. The Bertz CT molecular complexity index is 110. The summed E-state index contributed by atoms with van der Waals surface area (Å²) in [7, 11) is 2.03. The number of nitrogens with one attached hydrogen (secondary N) is 1. The van der Waals surface area contributed by atoms with Crippen LogP contribution in [0.5, 0.6) is 0 Å². The van der Waals surface area contributed by atoms with Crippen molar-refractivity contribution in [2.45, 2.75) is 30.6 Å². The number of thioether (sulfide) groups is 1. The molecule has 0 saturated heterocycles. The minimum Gasteiger partial charge on any atom is -0.396 e. The summed E-state index contributed by atoms with van der Waals surface area (Å²) in [5, 5.41) is 12.7. The lowest BCUT2D eigenvalue weighted by Gasteiger charge is -2.17. The molecule has 0 aromatic heterocycles. The molecule has 0 spiro atoms. The highest BCUT2D eigenvalue weighted by Gasteiger charge is 2.25. The summed E-state index contributed by atoms with van der Waals surface area (Å²) >= 11 is 1.90. The molecule has 2 N–H and O–H groups in total. The van der Waals surface area contributed by atoms with Crippen molar-refractivity contribution < 1.29 is 5.11 Å². The summed E-state index contributed by atoms with van der Waals surface area (Å²) in [4.78, 5) is 0. The lowest BCUT2D eigenvalue weighted by molar-refractivity contribution is 0.322. The van der Waals surface area contributed by atoms with Crippen molar-refractivity contribution in [3.05, 3.63) is 0 Å². The topological polar surface area (TPSA) is 32.3 Å². The zero-order valence-corrected chi connectivity index (χ0v) is 7.86. The molecule has 0 radical (unpaired) electrons. The molecule has 0 heterocycles. The smallest absolute Gasteiger partial charge is 0.0521 e. The molecule has 2 unspecified atom stereocenters. The van der Waals surface area contributed by atoms with E-state index in [1.165, 1.54) is 19.3 Å². The number of aliphatic hydroxyl groups is 1. The molecule has 1 rings (SSSR count). The maximum atomic E-state index is 8.64. The van der Waals surface area contributed by atoms with Gasteiger partial charge in [0.25, 0.3) is 0 Å². The third-order valence-corrected chi connectivity index (χ3v) is 3.66. The lowest BCUT2D eigenvalue weighted by Crippen LogP contribution is -2.31. The first kappa shape index (κ1) is 9.36. The van der Waals surface area contributed by atoms with Gasteiger partial charge in [-0.1, -0.05) is 6.42 Å². The van der Waals surface area contributed by atoms with Crippen LogP contribution in [-0.2, 0) is 0 Å². The van der Waals surface area contributed by atoms with Gasteiger partial charge in [0.1, 0.15) is 0 Å². The van der Waals surface area contributed by atoms with Crippen LogP contribution in [0.3, 0.4) is 0 Å². The van der Waals surface area contributed by atoms with Gasteiger partial charge in [0.2, 0.25) is 0 Å². The fraction of sp³-hybridized carbons (Fsp3) is 1.00. The van der Waals surface area contributed by atoms with Crippen molar-refractivity contribution in [1.82, 2.24) is 5.32 Å². The SMILES string of the molecule is CNC1CCCC1SCCO. The van der Waals surface area contributed by atoms with Crippen LogP contribution >= 0.6 is 11.8 Å². The van der Waals surface area contributed by atoms with Crippen LogP contribution < -0.4 is 5.32 Å². The zero-order valence-electron chi connectivity index (χ0n) is 7.05. The highest BCUT2D eigenvalue weighted by Crippen LogP contribution is 2.29. The number of hydrogen-bond acceptors (Lipinski definition) is 3. The van der Waals surface area contributed by atoms with Crippen molar-refractivity contribution in [2.75, 3.05) is 19.4 Å². The Labute approximate surface area is 72.8 Å². The minimum absolute atomic E-state index is 0.317. The summed E-state index contributed by atoms with van der Waals surface area (Å²) in [6.07, 6.45) is 3.96. The second kappa shape index (κ2) is 5.01. The maximum absolute atomic E-state index is 8.64. The molecule has 2 nitrogen and oxygen atoms in total. The van der Waals surface area contributed by atoms with E-state index in [1.807, 2.05) is 18.8 Å². The van der Waals surface area contributed by atoms with E-state index >= 15 is 0 Å². The average Bonchev–Trinajstić information content (AvgIpc) is 2.47. The van der Waals surface area contributed by atoms with Crippen LogP contribution in [0.4, 0.5) is 0 Å². The van der Waals surface area contributed by atoms with E-state index < -0.39 is 0 Å². The molecule has 0 aromatic carbocycles. The number of aliphatic hydroxyl groups excluding tert-OH is 1. The highest BCUT2D eigenvalue weighted by atomic mass is 32.2. The molecule has 66 valence electrons. The second-order valence-corrected chi connectivity index (χ2v) is 4.31. The van der Waals surface area contributed by atoms with E-state index in [9.17, 15) is 0 Å². The Morgan fingerprint density at radius 1 is 1.55 bits per heavy atom. The molecule has 0 aliphatic heterocycles. The molecule has 0 amide bonds. The van der Waals surface area contributed by atoms with Crippen molar-refractivity contribution in [3.63, 3.8) is 0 Å². The van der Waals surface area contributed by atoms with Gasteiger partial charge < -0.3 is 10.4 Å². The summed E-state index contributed by atoms with van der Waals surface area (Å²) in [5.74, 6) is 0.892. The van der Waals surface area contributed by atoms with Crippen LogP contribution in [0.1, 0.15) is 19.3 Å². The van der Waals surface area contributed by atoms with E-state index in [1.54, 1.807) is 0 Å². The predicted molar refractivity (Wildman–Crippen MR) is 50.0 cm³/mol. The van der Waals surface area contributed by atoms with Crippen LogP contribution in [-0.4, -0.2) is 35.8 Å². The molecular weight excluding hydrogens is 158 g/mol. The fourth-order valence-electron chi connectivity index (χ4n) is 1.66. The molecule has 11 heavy (non-hydrogen) atoms. The Balaban J connectivity index is 2.20. The zero-order chi connectivity index (χ0) is 8.10. The van der Waals surface area contributed by atoms with Crippen molar-refractivity contribution in [3.8, 4) is 0 Å². The highest BCUT2D eigenvalue weighted by molar-refractivity contribution is 8.00. The summed E-state index contributed by atoms with van der Waals surface area (Å²) < 4.78 is 0. The van der Waals surface area contributed by atoms with E-state index in [0.29, 0.717) is 12.6 Å². The largest absolute Gasteiger partial charge is 0.396 e. The summed E-state index contributed by atoms with van der Waals surface area (Å²) in [6.45, 7) is 0.317. The number of rotatable bonds is 4.